The third kappa shape index (κ3) is 3.63. The van der Waals surface area contributed by atoms with Crippen LogP contribution in [0.25, 0.3) is 0 Å². The predicted octanol–water partition coefficient (Wildman–Crippen LogP) is 3.35. The van der Waals surface area contributed by atoms with Crippen LogP contribution in [0, 0.1) is 13.8 Å². The lowest BCUT2D eigenvalue weighted by Crippen LogP contribution is -2.38. The summed E-state index contributed by atoms with van der Waals surface area (Å²) in [5.41, 5.74) is 1.95. The minimum absolute atomic E-state index is 0.0740. The molecule has 1 heterocycles. The summed E-state index contributed by atoms with van der Waals surface area (Å²) < 4.78 is 5.59. The molecule has 1 aromatic rings. The van der Waals surface area contributed by atoms with Gasteiger partial charge in [-0.05, 0) is 56.4 Å². The predicted molar refractivity (Wildman–Crippen MR) is 76.9 cm³/mol. The standard InChI is InChI=1S/C15H20ClNO2/c1-11-8-13(9-12(2)15(11)16)19-10-14(18)17-6-4-3-5-7-17/h8-9H,3-7,10H2,1-2H3. The Kier molecular flexibility index (Phi) is 4.70. The van der Waals surface area contributed by atoms with Crippen molar-refractivity contribution >= 4 is 17.5 Å². The number of hydrogen-bond donors (Lipinski definition) is 0. The third-order valence-corrected chi connectivity index (χ3v) is 4.08. The highest BCUT2D eigenvalue weighted by Crippen LogP contribution is 2.25. The first kappa shape index (κ1) is 14.2. The molecule has 0 bridgehead atoms. The molecule has 0 saturated carbocycles. The molecule has 0 aromatic heterocycles. The van der Waals surface area contributed by atoms with Crippen LogP contribution in [0.4, 0.5) is 0 Å². The highest BCUT2D eigenvalue weighted by molar-refractivity contribution is 6.32. The summed E-state index contributed by atoms with van der Waals surface area (Å²) in [7, 11) is 0. The van der Waals surface area contributed by atoms with Crippen LogP contribution in [-0.4, -0.2) is 30.5 Å². The molecule has 4 heteroatoms. The molecule has 1 aliphatic rings. The van der Waals surface area contributed by atoms with Gasteiger partial charge in [-0.25, -0.2) is 0 Å². The van der Waals surface area contributed by atoms with E-state index in [0.29, 0.717) is 5.75 Å². The van der Waals surface area contributed by atoms with Crippen molar-refractivity contribution in [2.45, 2.75) is 33.1 Å². The van der Waals surface area contributed by atoms with Gasteiger partial charge >= 0.3 is 0 Å². The van der Waals surface area contributed by atoms with Crippen LogP contribution in [0.15, 0.2) is 12.1 Å². The van der Waals surface area contributed by atoms with Gasteiger partial charge < -0.3 is 9.64 Å². The van der Waals surface area contributed by atoms with E-state index in [-0.39, 0.29) is 12.5 Å². The number of amides is 1. The van der Waals surface area contributed by atoms with Crippen LogP contribution >= 0.6 is 11.6 Å². The lowest BCUT2D eigenvalue weighted by atomic mass is 10.1. The molecule has 1 aliphatic heterocycles. The molecule has 0 unspecified atom stereocenters. The second-order valence-electron chi connectivity index (χ2n) is 5.10. The SMILES string of the molecule is Cc1cc(OCC(=O)N2CCCCC2)cc(C)c1Cl. The topological polar surface area (TPSA) is 29.5 Å². The van der Waals surface area contributed by atoms with Crippen molar-refractivity contribution in [1.82, 2.24) is 4.90 Å². The van der Waals surface area contributed by atoms with E-state index in [1.165, 1.54) is 6.42 Å². The fraction of sp³-hybridized carbons (Fsp3) is 0.533. The quantitative estimate of drug-likeness (QED) is 0.850. The van der Waals surface area contributed by atoms with E-state index >= 15 is 0 Å². The number of rotatable bonds is 3. The van der Waals surface area contributed by atoms with Gasteiger partial charge in [0.15, 0.2) is 6.61 Å². The molecule has 2 rings (SSSR count). The normalized spacial score (nSPS) is 15.4. The Hall–Kier alpha value is -1.22. The maximum Gasteiger partial charge on any atom is 0.260 e. The summed E-state index contributed by atoms with van der Waals surface area (Å²) in [6, 6.07) is 3.75. The maximum atomic E-state index is 12.0. The zero-order valence-corrected chi connectivity index (χ0v) is 12.3. The molecule has 0 N–H and O–H groups in total. The zero-order chi connectivity index (χ0) is 13.8. The summed E-state index contributed by atoms with van der Waals surface area (Å²) >= 11 is 6.10. The van der Waals surface area contributed by atoms with Crippen LogP contribution in [-0.2, 0) is 4.79 Å². The summed E-state index contributed by atoms with van der Waals surface area (Å²) in [4.78, 5) is 13.9. The second kappa shape index (κ2) is 6.29. The number of ether oxygens (including phenoxy) is 1. The van der Waals surface area contributed by atoms with Gasteiger partial charge in [0.25, 0.3) is 5.91 Å². The average Bonchev–Trinajstić information content (AvgIpc) is 2.43. The number of carbonyl (C=O) groups excluding carboxylic acids is 1. The number of hydrogen-bond acceptors (Lipinski definition) is 2. The van der Waals surface area contributed by atoms with Gasteiger partial charge in [-0.3, -0.25) is 4.79 Å². The highest BCUT2D eigenvalue weighted by atomic mass is 35.5. The van der Waals surface area contributed by atoms with E-state index in [1.54, 1.807) is 0 Å². The Balaban J connectivity index is 1.93. The van der Waals surface area contributed by atoms with Gasteiger partial charge in [0.05, 0.1) is 0 Å². The van der Waals surface area contributed by atoms with Gasteiger partial charge in [-0.2, -0.15) is 0 Å². The van der Waals surface area contributed by atoms with Crippen LogP contribution in [0.5, 0.6) is 5.75 Å². The fourth-order valence-electron chi connectivity index (χ4n) is 2.37. The Morgan fingerprint density at radius 3 is 2.37 bits per heavy atom. The van der Waals surface area contributed by atoms with Crippen LogP contribution in [0.3, 0.4) is 0 Å². The molecule has 0 radical (unpaired) electrons. The first-order valence-corrected chi connectivity index (χ1v) is 7.13. The first-order chi connectivity index (χ1) is 9.08. The van der Waals surface area contributed by atoms with E-state index in [0.717, 1.165) is 42.1 Å². The molecule has 1 aromatic carbocycles. The highest BCUT2D eigenvalue weighted by Gasteiger charge is 2.16. The van der Waals surface area contributed by atoms with Crippen molar-refractivity contribution in [3.8, 4) is 5.75 Å². The summed E-state index contributed by atoms with van der Waals surface area (Å²) in [5, 5.41) is 0.759. The molecular formula is C15H20ClNO2. The monoisotopic (exact) mass is 281 g/mol. The minimum Gasteiger partial charge on any atom is -0.484 e. The average molecular weight is 282 g/mol. The van der Waals surface area contributed by atoms with Gasteiger partial charge in [0.1, 0.15) is 5.75 Å². The molecule has 19 heavy (non-hydrogen) atoms. The Morgan fingerprint density at radius 2 is 1.79 bits per heavy atom. The fourth-order valence-corrected chi connectivity index (χ4v) is 2.48. The van der Waals surface area contributed by atoms with Crippen molar-refractivity contribution in [1.29, 1.82) is 0 Å². The van der Waals surface area contributed by atoms with Crippen molar-refractivity contribution in [2.24, 2.45) is 0 Å². The maximum absolute atomic E-state index is 12.0. The van der Waals surface area contributed by atoms with Crippen LogP contribution in [0.1, 0.15) is 30.4 Å². The van der Waals surface area contributed by atoms with E-state index in [1.807, 2.05) is 30.9 Å². The molecule has 0 spiro atoms. The van der Waals surface area contributed by atoms with Crippen molar-refractivity contribution in [2.75, 3.05) is 19.7 Å². The Bertz CT molecular complexity index is 444. The Labute approximate surface area is 119 Å². The summed E-state index contributed by atoms with van der Waals surface area (Å²) in [5.74, 6) is 0.787. The van der Waals surface area contributed by atoms with E-state index in [9.17, 15) is 4.79 Å². The molecule has 0 aliphatic carbocycles. The molecule has 1 saturated heterocycles. The lowest BCUT2D eigenvalue weighted by Gasteiger charge is -2.26. The third-order valence-electron chi connectivity index (χ3n) is 3.48. The molecule has 1 amide bonds. The van der Waals surface area contributed by atoms with Gasteiger partial charge in [-0.1, -0.05) is 11.6 Å². The smallest absolute Gasteiger partial charge is 0.260 e. The minimum atomic E-state index is 0.0740. The number of likely N-dealkylation sites (tertiary alicyclic amines) is 1. The van der Waals surface area contributed by atoms with Crippen molar-refractivity contribution in [3.63, 3.8) is 0 Å². The zero-order valence-electron chi connectivity index (χ0n) is 11.5. The molecule has 1 fully saturated rings. The van der Waals surface area contributed by atoms with Gasteiger partial charge in [0, 0.05) is 18.1 Å². The number of piperidine rings is 1. The number of halogens is 1. The number of aryl methyl sites for hydroxylation is 2. The summed E-state index contributed by atoms with van der Waals surface area (Å²) in [6.07, 6.45) is 3.43. The van der Waals surface area contributed by atoms with E-state index in [2.05, 4.69) is 0 Å². The lowest BCUT2D eigenvalue weighted by molar-refractivity contribution is -0.134. The van der Waals surface area contributed by atoms with Gasteiger partial charge in [-0.15, -0.1) is 0 Å². The van der Waals surface area contributed by atoms with Crippen LogP contribution in [0.2, 0.25) is 5.02 Å². The van der Waals surface area contributed by atoms with E-state index in [4.69, 9.17) is 16.3 Å². The van der Waals surface area contributed by atoms with E-state index < -0.39 is 0 Å². The van der Waals surface area contributed by atoms with Crippen molar-refractivity contribution < 1.29 is 9.53 Å². The van der Waals surface area contributed by atoms with Crippen LogP contribution < -0.4 is 4.74 Å². The molecular weight excluding hydrogens is 262 g/mol. The van der Waals surface area contributed by atoms with Crippen molar-refractivity contribution in [3.05, 3.63) is 28.3 Å². The first-order valence-electron chi connectivity index (χ1n) is 6.75. The largest absolute Gasteiger partial charge is 0.484 e. The second-order valence-corrected chi connectivity index (χ2v) is 5.48. The summed E-state index contributed by atoms with van der Waals surface area (Å²) in [6.45, 7) is 5.71. The number of carbonyl (C=O) groups is 1. The molecule has 104 valence electrons. The molecule has 0 atom stereocenters. The number of benzene rings is 1. The Morgan fingerprint density at radius 1 is 1.21 bits per heavy atom. The number of nitrogens with zero attached hydrogens (tertiary/aromatic N) is 1. The molecule has 3 nitrogen and oxygen atoms in total. The van der Waals surface area contributed by atoms with Gasteiger partial charge in [0.2, 0.25) is 0 Å².